The second-order valence-electron chi connectivity index (χ2n) is 10.3. The lowest BCUT2D eigenvalue weighted by Crippen LogP contribution is -2.52. The lowest BCUT2D eigenvalue weighted by atomic mass is 9.78. The molecule has 1 aliphatic carbocycles. The summed E-state index contributed by atoms with van der Waals surface area (Å²) in [4.78, 5) is 15.6. The number of amides is 1. The number of methoxy groups -OCH3 is 1. The van der Waals surface area contributed by atoms with Crippen molar-refractivity contribution in [2.45, 2.75) is 62.6 Å². The average Bonchev–Trinajstić information content (AvgIpc) is 3.70. The van der Waals surface area contributed by atoms with E-state index < -0.39 is 0 Å². The van der Waals surface area contributed by atoms with Crippen LogP contribution in [0.5, 0.6) is 5.75 Å². The molecule has 1 saturated carbocycles. The van der Waals surface area contributed by atoms with Crippen molar-refractivity contribution in [3.63, 3.8) is 0 Å². The van der Waals surface area contributed by atoms with Crippen LogP contribution in [-0.2, 0) is 26.3 Å². The Hall–Kier alpha value is -2.37. The number of nitrogens with zero attached hydrogens (tertiary/aromatic N) is 1. The molecule has 5 heteroatoms. The van der Waals surface area contributed by atoms with E-state index >= 15 is 0 Å². The van der Waals surface area contributed by atoms with E-state index in [4.69, 9.17) is 14.2 Å². The van der Waals surface area contributed by atoms with Gasteiger partial charge in [0.25, 0.3) is 0 Å². The molecule has 0 N–H and O–H groups in total. The van der Waals surface area contributed by atoms with Gasteiger partial charge < -0.3 is 19.1 Å². The van der Waals surface area contributed by atoms with E-state index in [1.165, 1.54) is 5.56 Å². The number of piperidine rings is 1. The van der Waals surface area contributed by atoms with Gasteiger partial charge in [-0.05, 0) is 74.1 Å². The second kappa shape index (κ2) is 10.1. The smallest absolute Gasteiger partial charge is 0.233 e. The Kier molecular flexibility index (Phi) is 6.94. The molecular formula is C29H37NO4. The molecule has 1 atom stereocenters. The SMILES string of the molecule is COc1ccc(C2(C(=O)N3CCC4(CC3)CC(CCOCc3ccccc3)CCO4)CC2)cc1. The van der Waals surface area contributed by atoms with E-state index in [9.17, 15) is 4.79 Å². The first kappa shape index (κ1) is 23.4. The molecule has 0 bridgehead atoms. The zero-order valence-electron chi connectivity index (χ0n) is 20.3. The topological polar surface area (TPSA) is 48.0 Å². The molecule has 182 valence electrons. The molecule has 2 saturated heterocycles. The van der Waals surface area contributed by atoms with Crippen molar-refractivity contribution in [2.75, 3.05) is 33.4 Å². The minimum Gasteiger partial charge on any atom is -0.497 e. The van der Waals surface area contributed by atoms with Crippen LogP contribution in [0.2, 0.25) is 0 Å². The third kappa shape index (κ3) is 5.01. The van der Waals surface area contributed by atoms with Gasteiger partial charge >= 0.3 is 0 Å². The molecule has 34 heavy (non-hydrogen) atoms. The number of carbonyl (C=O) groups excluding carboxylic acids is 1. The summed E-state index contributed by atoms with van der Waals surface area (Å²) in [5.41, 5.74) is 1.98. The van der Waals surface area contributed by atoms with E-state index in [-0.39, 0.29) is 11.0 Å². The lowest BCUT2D eigenvalue weighted by molar-refractivity contribution is -0.150. The summed E-state index contributed by atoms with van der Waals surface area (Å²) in [6, 6.07) is 18.4. The van der Waals surface area contributed by atoms with Gasteiger partial charge in [0.05, 0.1) is 24.7 Å². The highest BCUT2D eigenvalue weighted by Crippen LogP contribution is 2.50. The van der Waals surface area contributed by atoms with Gasteiger partial charge in [-0.25, -0.2) is 0 Å². The fourth-order valence-corrected chi connectivity index (χ4v) is 5.82. The van der Waals surface area contributed by atoms with Crippen molar-refractivity contribution in [1.29, 1.82) is 0 Å². The van der Waals surface area contributed by atoms with E-state index in [0.717, 1.165) is 82.6 Å². The number of rotatable bonds is 8. The summed E-state index contributed by atoms with van der Waals surface area (Å²) in [6.45, 7) is 3.90. The molecule has 1 spiro atoms. The quantitative estimate of drug-likeness (QED) is 0.510. The van der Waals surface area contributed by atoms with Crippen molar-refractivity contribution in [2.24, 2.45) is 5.92 Å². The summed E-state index contributed by atoms with van der Waals surface area (Å²) in [5.74, 6) is 1.77. The Morgan fingerprint density at radius 1 is 1.03 bits per heavy atom. The van der Waals surface area contributed by atoms with Gasteiger partial charge in [-0.15, -0.1) is 0 Å². The largest absolute Gasteiger partial charge is 0.497 e. The number of ether oxygens (including phenoxy) is 3. The van der Waals surface area contributed by atoms with Gasteiger partial charge in [0.15, 0.2) is 0 Å². The van der Waals surface area contributed by atoms with Crippen LogP contribution in [0.1, 0.15) is 56.1 Å². The highest BCUT2D eigenvalue weighted by atomic mass is 16.5. The van der Waals surface area contributed by atoms with Gasteiger partial charge in [0.2, 0.25) is 5.91 Å². The fraction of sp³-hybridized carbons (Fsp3) is 0.552. The van der Waals surface area contributed by atoms with Crippen molar-refractivity contribution < 1.29 is 19.0 Å². The zero-order chi connectivity index (χ0) is 23.4. The molecule has 2 aromatic carbocycles. The Balaban J connectivity index is 1.11. The summed E-state index contributed by atoms with van der Waals surface area (Å²) in [6.07, 6.45) is 7.06. The fourth-order valence-electron chi connectivity index (χ4n) is 5.82. The van der Waals surface area contributed by atoms with Gasteiger partial charge in [-0.2, -0.15) is 0 Å². The highest BCUT2D eigenvalue weighted by molar-refractivity contribution is 5.91. The van der Waals surface area contributed by atoms with Crippen LogP contribution in [-0.4, -0.2) is 49.8 Å². The number of hydrogen-bond acceptors (Lipinski definition) is 4. The predicted molar refractivity (Wildman–Crippen MR) is 132 cm³/mol. The van der Waals surface area contributed by atoms with E-state index in [0.29, 0.717) is 18.4 Å². The van der Waals surface area contributed by atoms with Crippen LogP contribution in [0.4, 0.5) is 0 Å². The number of carbonyl (C=O) groups is 1. The van der Waals surface area contributed by atoms with Crippen LogP contribution < -0.4 is 4.74 Å². The summed E-state index contributed by atoms with van der Waals surface area (Å²) in [5, 5.41) is 0. The Bertz CT molecular complexity index is 946. The maximum atomic E-state index is 13.5. The van der Waals surface area contributed by atoms with Crippen LogP contribution in [0.3, 0.4) is 0 Å². The molecule has 2 aliphatic heterocycles. The van der Waals surface area contributed by atoms with E-state index in [1.54, 1.807) is 7.11 Å². The predicted octanol–water partition coefficient (Wildman–Crippen LogP) is 5.12. The molecule has 5 rings (SSSR count). The Morgan fingerprint density at radius 3 is 2.44 bits per heavy atom. The molecule has 1 unspecified atom stereocenters. The highest BCUT2D eigenvalue weighted by Gasteiger charge is 2.54. The van der Waals surface area contributed by atoms with Crippen LogP contribution in [0.15, 0.2) is 54.6 Å². The van der Waals surface area contributed by atoms with Gasteiger partial charge in [-0.1, -0.05) is 42.5 Å². The molecule has 1 amide bonds. The molecule has 0 aromatic heterocycles. The first-order chi connectivity index (χ1) is 16.6. The summed E-state index contributed by atoms with van der Waals surface area (Å²) < 4.78 is 17.6. The molecule has 5 nitrogen and oxygen atoms in total. The molecule has 0 radical (unpaired) electrons. The molecule has 2 heterocycles. The maximum absolute atomic E-state index is 13.5. The number of likely N-dealkylation sites (tertiary alicyclic amines) is 1. The third-order valence-electron chi connectivity index (χ3n) is 8.14. The molecular weight excluding hydrogens is 426 g/mol. The molecule has 3 aliphatic rings. The van der Waals surface area contributed by atoms with Crippen LogP contribution >= 0.6 is 0 Å². The van der Waals surface area contributed by atoms with Crippen molar-refractivity contribution in [1.82, 2.24) is 4.90 Å². The van der Waals surface area contributed by atoms with Crippen molar-refractivity contribution in [3.05, 3.63) is 65.7 Å². The lowest BCUT2D eigenvalue weighted by Gasteiger charge is -2.47. The monoisotopic (exact) mass is 463 g/mol. The minimum absolute atomic E-state index is 0.0596. The minimum atomic E-state index is -0.317. The number of benzene rings is 2. The first-order valence-corrected chi connectivity index (χ1v) is 12.8. The zero-order valence-corrected chi connectivity index (χ0v) is 20.3. The summed E-state index contributed by atoms with van der Waals surface area (Å²) >= 11 is 0. The van der Waals surface area contributed by atoms with E-state index in [1.807, 2.05) is 18.2 Å². The standard InChI is InChI=1S/C29H37NO4/c1-32-26-9-7-25(8-10-26)29(13-14-29)27(31)30-17-15-28(16-18-30)21-23(12-20-34-28)11-19-33-22-24-5-3-2-4-6-24/h2-10,23H,11-22H2,1H3. The Morgan fingerprint density at radius 2 is 1.76 bits per heavy atom. The first-order valence-electron chi connectivity index (χ1n) is 12.8. The van der Waals surface area contributed by atoms with Crippen molar-refractivity contribution in [3.8, 4) is 5.75 Å². The van der Waals surface area contributed by atoms with Gasteiger partial charge in [0.1, 0.15) is 5.75 Å². The summed E-state index contributed by atoms with van der Waals surface area (Å²) in [7, 11) is 1.67. The van der Waals surface area contributed by atoms with Gasteiger partial charge in [0, 0.05) is 26.3 Å². The Labute approximate surface area is 203 Å². The normalized spacial score (nSPS) is 23.0. The molecule has 2 aromatic rings. The molecule has 3 fully saturated rings. The van der Waals surface area contributed by atoms with Gasteiger partial charge in [-0.3, -0.25) is 4.79 Å². The van der Waals surface area contributed by atoms with Crippen LogP contribution in [0.25, 0.3) is 0 Å². The van der Waals surface area contributed by atoms with Crippen LogP contribution in [0, 0.1) is 5.92 Å². The van der Waals surface area contributed by atoms with E-state index in [2.05, 4.69) is 41.3 Å². The average molecular weight is 464 g/mol. The maximum Gasteiger partial charge on any atom is 0.233 e. The van der Waals surface area contributed by atoms with Crippen molar-refractivity contribution >= 4 is 5.91 Å². The number of hydrogen-bond donors (Lipinski definition) is 0. The third-order valence-corrected chi connectivity index (χ3v) is 8.14. The second-order valence-corrected chi connectivity index (χ2v) is 10.3.